The second-order valence-electron chi connectivity index (χ2n) is 7.42. The maximum Gasteiger partial charge on any atom is 0.243 e. The number of anilines is 1. The van der Waals surface area contributed by atoms with Gasteiger partial charge >= 0.3 is 0 Å². The van der Waals surface area contributed by atoms with Crippen molar-refractivity contribution >= 4 is 21.6 Å². The van der Waals surface area contributed by atoms with Gasteiger partial charge in [-0.15, -0.1) is 0 Å². The number of ether oxygens (including phenoxy) is 1. The number of carbonyl (C=O) groups is 1. The number of hydrogen-bond donors (Lipinski definition) is 1. The van der Waals surface area contributed by atoms with Crippen molar-refractivity contribution < 1.29 is 17.9 Å². The van der Waals surface area contributed by atoms with Gasteiger partial charge < -0.3 is 10.1 Å². The molecular weight excluding hydrogens is 400 g/mol. The SMILES string of the molecule is CCOc1ccc(S(=O)(=O)N2CCCCC2)cc1NC(=O)C(CC)c1ccccc1. The van der Waals surface area contributed by atoms with Gasteiger partial charge in [-0.3, -0.25) is 4.79 Å². The van der Waals surface area contributed by atoms with Crippen LogP contribution in [0.4, 0.5) is 5.69 Å². The van der Waals surface area contributed by atoms with Gasteiger partial charge in [-0.25, -0.2) is 8.42 Å². The summed E-state index contributed by atoms with van der Waals surface area (Å²) < 4.78 is 33.3. The summed E-state index contributed by atoms with van der Waals surface area (Å²) in [6.07, 6.45) is 3.42. The quantitative estimate of drug-likeness (QED) is 0.674. The summed E-state index contributed by atoms with van der Waals surface area (Å²) in [6, 6.07) is 14.3. The summed E-state index contributed by atoms with van der Waals surface area (Å²) in [5.41, 5.74) is 1.31. The lowest BCUT2D eigenvalue weighted by atomic mass is 9.95. The van der Waals surface area contributed by atoms with E-state index in [-0.39, 0.29) is 16.7 Å². The average molecular weight is 431 g/mol. The maximum absolute atomic E-state index is 13.1. The fraction of sp³-hybridized carbons (Fsp3) is 0.435. The molecule has 1 heterocycles. The van der Waals surface area contributed by atoms with Gasteiger partial charge in [0.1, 0.15) is 5.75 Å². The van der Waals surface area contributed by atoms with Gasteiger partial charge in [0.25, 0.3) is 0 Å². The third kappa shape index (κ3) is 5.02. The average Bonchev–Trinajstić information content (AvgIpc) is 2.77. The summed E-state index contributed by atoms with van der Waals surface area (Å²) in [4.78, 5) is 13.2. The van der Waals surface area contributed by atoms with Crippen LogP contribution in [0.5, 0.6) is 5.75 Å². The molecule has 0 spiro atoms. The summed E-state index contributed by atoms with van der Waals surface area (Å²) in [6.45, 7) is 5.28. The van der Waals surface area contributed by atoms with Crippen LogP contribution in [0.3, 0.4) is 0 Å². The van der Waals surface area contributed by atoms with Crippen LogP contribution in [-0.4, -0.2) is 38.3 Å². The molecule has 1 N–H and O–H groups in total. The Morgan fingerprint density at radius 3 is 2.40 bits per heavy atom. The predicted octanol–water partition coefficient (Wildman–Crippen LogP) is 4.39. The Kier molecular flexibility index (Phi) is 7.50. The van der Waals surface area contributed by atoms with Crippen LogP contribution < -0.4 is 10.1 Å². The molecule has 1 fully saturated rings. The first-order chi connectivity index (χ1) is 14.5. The van der Waals surface area contributed by atoms with E-state index in [1.165, 1.54) is 10.4 Å². The minimum absolute atomic E-state index is 0.177. The Bertz CT molecular complexity index is 954. The molecular formula is C23H30N2O4S. The number of sulfonamides is 1. The van der Waals surface area contributed by atoms with Gasteiger partial charge in [-0.2, -0.15) is 4.31 Å². The summed E-state index contributed by atoms with van der Waals surface area (Å²) in [7, 11) is -3.60. The molecule has 1 aliphatic heterocycles. The second-order valence-corrected chi connectivity index (χ2v) is 9.35. The lowest BCUT2D eigenvalue weighted by molar-refractivity contribution is -0.117. The van der Waals surface area contributed by atoms with Crippen molar-refractivity contribution in [3.8, 4) is 5.75 Å². The number of nitrogens with one attached hydrogen (secondary N) is 1. The van der Waals surface area contributed by atoms with Crippen LogP contribution in [0, 0.1) is 0 Å². The Morgan fingerprint density at radius 1 is 1.07 bits per heavy atom. The molecule has 1 atom stereocenters. The van der Waals surface area contributed by atoms with Crippen LogP contribution in [0.1, 0.15) is 51.0 Å². The second kappa shape index (κ2) is 10.1. The summed E-state index contributed by atoms with van der Waals surface area (Å²) >= 11 is 0. The molecule has 1 saturated heterocycles. The van der Waals surface area contributed by atoms with Crippen molar-refractivity contribution in [2.24, 2.45) is 0 Å². The van der Waals surface area contributed by atoms with Gasteiger partial charge in [0.2, 0.25) is 15.9 Å². The van der Waals surface area contributed by atoms with E-state index in [1.807, 2.05) is 44.2 Å². The van der Waals surface area contributed by atoms with Crippen molar-refractivity contribution in [1.82, 2.24) is 4.31 Å². The molecule has 1 aliphatic rings. The monoisotopic (exact) mass is 430 g/mol. The van der Waals surface area contributed by atoms with Gasteiger partial charge in [0.05, 0.1) is 23.1 Å². The first-order valence-electron chi connectivity index (χ1n) is 10.6. The van der Waals surface area contributed by atoms with E-state index in [0.717, 1.165) is 24.8 Å². The molecule has 0 aromatic heterocycles. The van der Waals surface area contributed by atoms with E-state index >= 15 is 0 Å². The minimum atomic E-state index is -3.60. The molecule has 1 unspecified atom stereocenters. The normalized spacial score (nSPS) is 16.1. The minimum Gasteiger partial charge on any atom is -0.492 e. The third-order valence-corrected chi connectivity index (χ3v) is 7.28. The topological polar surface area (TPSA) is 75.7 Å². The standard InChI is InChI=1S/C23H30N2O4S/c1-3-20(18-11-7-5-8-12-18)23(26)24-21-17-19(13-14-22(21)29-4-2)30(27,28)25-15-9-6-10-16-25/h5,7-8,11-14,17,20H,3-4,6,9-10,15-16H2,1-2H3,(H,24,26). The highest BCUT2D eigenvalue weighted by Gasteiger charge is 2.27. The number of rotatable bonds is 8. The highest BCUT2D eigenvalue weighted by molar-refractivity contribution is 7.89. The molecule has 1 amide bonds. The lowest BCUT2D eigenvalue weighted by Crippen LogP contribution is -2.35. The number of benzene rings is 2. The zero-order chi connectivity index (χ0) is 21.6. The lowest BCUT2D eigenvalue weighted by Gasteiger charge is -2.26. The highest BCUT2D eigenvalue weighted by Crippen LogP contribution is 2.32. The van der Waals surface area contributed by atoms with E-state index in [1.54, 1.807) is 12.1 Å². The van der Waals surface area contributed by atoms with E-state index in [2.05, 4.69) is 5.32 Å². The molecule has 2 aromatic carbocycles. The number of amides is 1. The molecule has 162 valence electrons. The fourth-order valence-electron chi connectivity index (χ4n) is 3.78. The largest absolute Gasteiger partial charge is 0.492 e. The van der Waals surface area contributed by atoms with Crippen molar-refractivity contribution in [2.75, 3.05) is 25.0 Å². The number of nitrogens with zero attached hydrogens (tertiary/aromatic N) is 1. The maximum atomic E-state index is 13.1. The Morgan fingerprint density at radius 2 is 1.77 bits per heavy atom. The van der Waals surface area contributed by atoms with Crippen molar-refractivity contribution in [3.63, 3.8) is 0 Å². The smallest absolute Gasteiger partial charge is 0.243 e. The summed E-state index contributed by atoms with van der Waals surface area (Å²) in [5.74, 6) is -0.0495. The molecule has 0 aliphatic carbocycles. The number of piperidine rings is 1. The van der Waals surface area contributed by atoms with Gasteiger partial charge in [-0.05, 0) is 49.9 Å². The van der Waals surface area contributed by atoms with E-state index in [0.29, 0.717) is 37.6 Å². The van der Waals surface area contributed by atoms with Crippen LogP contribution in [0.2, 0.25) is 0 Å². The van der Waals surface area contributed by atoms with Crippen LogP contribution in [0.25, 0.3) is 0 Å². The Hall–Kier alpha value is -2.38. The van der Waals surface area contributed by atoms with Gasteiger partial charge in [-0.1, -0.05) is 43.7 Å². The van der Waals surface area contributed by atoms with Gasteiger partial charge in [0.15, 0.2) is 0 Å². The summed E-state index contributed by atoms with van der Waals surface area (Å²) in [5, 5.41) is 2.91. The van der Waals surface area contributed by atoms with Crippen molar-refractivity contribution in [3.05, 3.63) is 54.1 Å². The van der Waals surface area contributed by atoms with Gasteiger partial charge in [0, 0.05) is 13.1 Å². The van der Waals surface area contributed by atoms with Crippen LogP contribution in [0.15, 0.2) is 53.4 Å². The van der Waals surface area contributed by atoms with E-state index in [9.17, 15) is 13.2 Å². The zero-order valence-corrected chi connectivity index (χ0v) is 18.5. The van der Waals surface area contributed by atoms with Crippen molar-refractivity contribution in [1.29, 1.82) is 0 Å². The third-order valence-electron chi connectivity index (χ3n) is 5.39. The predicted molar refractivity (Wildman–Crippen MR) is 118 cm³/mol. The first-order valence-corrected chi connectivity index (χ1v) is 12.0. The molecule has 0 bridgehead atoms. The Balaban J connectivity index is 1.90. The van der Waals surface area contributed by atoms with E-state index in [4.69, 9.17) is 4.74 Å². The Labute approximate surface area is 179 Å². The molecule has 0 radical (unpaired) electrons. The number of hydrogen-bond acceptors (Lipinski definition) is 4. The van der Waals surface area contributed by atoms with Crippen molar-refractivity contribution in [2.45, 2.75) is 50.3 Å². The molecule has 7 heteroatoms. The molecule has 3 rings (SSSR count). The number of carbonyl (C=O) groups excluding carboxylic acids is 1. The fourth-order valence-corrected chi connectivity index (χ4v) is 5.32. The molecule has 30 heavy (non-hydrogen) atoms. The molecule has 2 aromatic rings. The molecule has 0 saturated carbocycles. The van der Waals surface area contributed by atoms with E-state index < -0.39 is 10.0 Å². The highest BCUT2D eigenvalue weighted by atomic mass is 32.2. The zero-order valence-electron chi connectivity index (χ0n) is 17.6. The molecule has 6 nitrogen and oxygen atoms in total. The van der Waals surface area contributed by atoms with Crippen LogP contribution >= 0.6 is 0 Å². The van der Waals surface area contributed by atoms with Crippen LogP contribution in [-0.2, 0) is 14.8 Å². The first kappa shape index (κ1) is 22.3.